The first-order valence-electron chi connectivity index (χ1n) is 8.22. The second-order valence-electron chi connectivity index (χ2n) is 5.99. The molecule has 1 saturated heterocycles. The van der Waals surface area contributed by atoms with Gasteiger partial charge in [-0.25, -0.2) is 0 Å². The van der Waals surface area contributed by atoms with Crippen LogP contribution in [0.25, 0.3) is 10.9 Å². The summed E-state index contributed by atoms with van der Waals surface area (Å²) in [6, 6.07) is 9.17. The van der Waals surface area contributed by atoms with E-state index in [-0.39, 0.29) is 23.1 Å². The van der Waals surface area contributed by atoms with Gasteiger partial charge >= 0.3 is 0 Å². The molecule has 23 heavy (non-hydrogen) atoms. The van der Waals surface area contributed by atoms with Crippen molar-refractivity contribution < 1.29 is 9.53 Å². The van der Waals surface area contributed by atoms with Crippen molar-refractivity contribution in [2.24, 2.45) is 0 Å². The summed E-state index contributed by atoms with van der Waals surface area (Å²) in [6.45, 7) is 4.02. The van der Waals surface area contributed by atoms with Crippen LogP contribution in [0, 0.1) is 0 Å². The van der Waals surface area contributed by atoms with Crippen LogP contribution in [-0.2, 0) is 4.74 Å². The number of aromatic nitrogens is 1. The van der Waals surface area contributed by atoms with Gasteiger partial charge in [0.2, 0.25) is 0 Å². The van der Waals surface area contributed by atoms with Crippen LogP contribution in [0.4, 0.5) is 0 Å². The number of carbonyl (C=O) groups excluding carboxylic acids is 1. The van der Waals surface area contributed by atoms with Gasteiger partial charge in [0.15, 0.2) is 0 Å². The lowest BCUT2D eigenvalue weighted by molar-refractivity contribution is 0.00206. The molecule has 1 aliphatic rings. The number of likely N-dealkylation sites (tertiary alicyclic amines) is 1. The minimum absolute atomic E-state index is 0.0761. The van der Waals surface area contributed by atoms with Gasteiger partial charge in [-0.05, 0) is 36.8 Å². The monoisotopic (exact) mass is 314 g/mol. The molecule has 3 rings (SSSR count). The fourth-order valence-electron chi connectivity index (χ4n) is 3.02. The molecule has 1 aromatic carbocycles. The van der Waals surface area contributed by atoms with Gasteiger partial charge in [-0.3, -0.25) is 9.59 Å². The Morgan fingerprint density at radius 2 is 2.22 bits per heavy atom. The number of rotatable bonds is 4. The summed E-state index contributed by atoms with van der Waals surface area (Å²) in [7, 11) is 0. The highest BCUT2D eigenvalue weighted by atomic mass is 16.5. The van der Waals surface area contributed by atoms with Gasteiger partial charge in [0.1, 0.15) is 5.56 Å². The molecule has 2 heterocycles. The van der Waals surface area contributed by atoms with Crippen molar-refractivity contribution in [1.29, 1.82) is 0 Å². The molecule has 0 aliphatic carbocycles. The first-order chi connectivity index (χ1) is 11.2. The molecular formula is C18H22N2O3. The summed E-state index contributed by atoms with van der Waals surface area (Å²) in [4.78, 5) is 29.5. The summed E-state index contributed by atoms with van der Waals surface area (Å²) < 4.78 is 5.77. The molecule has 0 spiro atoms. The Kier molecular flexibility index (Phi) is 4.76. The van der Waals surface area contributed by atoms with Gasteiger partial charge in [-0.15, -0.1) is 0 Å². The van der Waals surface area contributed by atoms with Crippen LogP contribution in [0.15, 0.2) is 35.1 Å². The number of ether oxygens (including phenoxy) is 1. The van der Waals surface area contributed by atoms with E-state index in [9.17, 15) is 9.59 Å². The maximum atomic E-state index is 12.7. The van der Waals surface area contributed by atoms with Crippen LogP contribution < -0.4 is 5.56 Å². The minimum Gasteiger partial charge on any atom is -0.376 e. The highest BCUT2D eigenvalue weighted by molar-refractivity contribution is 5.97. The highest BCUT2D eigenvalue weighted by Gasteiger charge is 2.26. The zero-order valence-corrected chi connectivity index (χ0v) is 13.4. The molecule has 0 radical (unpaired) electrons. The van der Waals surface area contributed by atoms with E-state index < -0.39 is 0 Å². The zero-order chi connectivity index (χ0) is 16.2. The molecule has 1 fully saturated rings. The Morgan fingerprint density at radius 1 is 1.39 bits per heavy atom. The third-order valence-electron chi connectivity index (χ3n) is 4.21. The number of hydrogen-bond acceptors (Lipinski definition) is 3. The van der Waals surface area contributed by atoms with Crippen LogP contribution >= 0.6 is 0 Å². The van der Waals surface area contributed by atoms with E-state index in [1.165, 1.54) is 0 Å². The molecule has 5 nitrogen and oxygen atoms in total. The largest absolute Gasteiger partial charge is 0.376 e. The van der Waals surface area contributed by atoms with Gasteiger partial charge in [-0.1, -0.05) is 25.1 Å². The molecule has 122 valence electrons. The molecule has 1 amide bonds. The maximum Gasteiger partial charge on any atom is 0.261 e. The van der Waals surface area contributed by atoms with Crippen LogP contribution in [0.5, 0.6) is 0 Å². The second kappa shape index (κ2) is 6.96. The highest BCUT2D eigenvalue weighted by Crippen LogP contribution is 2.17. The summed E-state index contributed by atoms with van der Waals surface area (Å²) >= 11 is 0. The fourth-order valence-corrected chi connectivity index (χ4v) is 3.02. The average molecular weight is 314 g/mol. The van der Waals surface area contributed by atoms with Crippen molar-refractivity contribution >= 4 is 16.8 Å². The van der Waals surface area contributed by atoms with E-state index in [0.717, 1.165) is 30.2 Å². The lowest BCUT2D eigenvalue weighted by atomic mass is 10.1. The van der Waals surface area contributed by atoms with Crippen molar-refractivity contribution in [3.8, 4) is 0 Å². The first kappa shape index (κ1) is 15.7. The van der Waals surface area contributed by atoms with Crippen molar-refractivity contribution in [2.45, 2.75) is 32.3 Å². The van der Waals surface area contributed by atoms with E-state index in [1.54, 1.807) is 11.0 Å². The first-order valence-corrected chi connectivity index (χ1v) is 8.22. The molecule has 2 aromatic rings. The molecule has 1 unspecified atom stereocenters. The zero-order valence-electron chi connectivity index (χ0n) is 13.4. The van der Waals surface area contributed by atoms with Crippen LogP contribution in [0.2, 0.25) is 0 Å². The Morgan fingerprint density at radius 3 is 3.04 bits per heavy atom. The molecule has 0 saturated carbocycles. The summed E-state index contributed by atoms with van der Waals surface area (Å²) in [5.41, 5.74) is 0.627. The quantitative estimate of drug-likeness (QED) is 0.943. The Bertz CT molecular complexity index is 753. The number of amides is 1. The number of pyridine rings is 1. The average Bonchev–Trinajstić information content (AvgIpc) is 2.59. The van der Waals surface area contributed by atoms with Gasteiger partial charge in [0, 0.05) is 25.2 Å². The van der Waals surface area contributed by atoms with Crippen LogP contribution in [0.1, 0.15) is 36.5 Å². The molecule has 0 bridgehead atoms. The Hall–Kier alpha value is -2.14. The van der Waals surface area contributed by atoms with Gasteiger partial charge in [0.25, 0.3) is 11.5 Å². The normalized spacial score (nSPS) is 18.3. The number of hydrogen-bond donors (Lipinski definition) is 1. The van der Waals surface area contributed by atoms with Gasteiger partial charge in [0.05, 0.1) is 6.10 Å². The molecular weight excluding hydrogens is 292 g/mol. The maximum absolute atomic E-state index is 12.7. The number of para-hydroxylation sites is 1. The lowest BCUT2D eigenvalue weighted by Gasteiger charge is -2.32. The Balaban J connectivity index is 1.82. The third-order valence-corrected chi connectivity index (χ3v) is 4.21. The van der Waals surface area contributed by atoms with Crippen LogP contribution in [-0.4, -0.2) is 41.6 Å². The number of H-pyrrole nitrogens is 1. The third kappa shape index (κ3) is 3.45. The van der Waals surface area contributed by atoms with E-state index in [0.29, 0.717) is 19.7 Å². The molecule has 5 heteroatoms. The predicted octanol–water partition coefficient (Wildman–Crippen LogP) is 2.56. The molecule has 1 aromatic heterocycles. The SMILES string of the molecule is CCCOC1CCCN(C(=O)c2cc3ccccc3[nH]c2=O)C1. The van der Waals surface area contributed by atoms with Crippen molar-refractivity contribution in [3.05, 3.63) is 46.2 Å². The Labute approximate surface area is 135 Å². The van der Waals surface area contributed by atoms with Gasteiger partial charge < -0.3 is 14.6 Å². The van der Waals surface area contributed by atoms with Crippen molar-refractivity contribution in [1.82, 2.24) is 9.88 Å². The predicted molar refractivity (Wildman–Crippen MR) is 89.7 cm³/mol. The van der Waals surface area contributed by atoms with E-state index >= 15 is 0 Å². The van der Waals surface area contributed by atoms with Crippen LogP contribution in [0.3, 0.4) is 0 Å². The fraction of sp³-hybridized carbons (Fsp3) is 0.444. The standard InChI is InChI=1S/C18H22N2O3/c1-2-10-23-14-7-5-9-20(12-14)18(22)15-11-13-6-3-4-8-16(13)19-17(15)21/h3-4,6,8,11,14H,2,5,7,9-10,12H2,1H3,(H,19,21). The van der Waals surface area contributed by atoms with Crippen molar-refractivity contribution in [3.63, 3.8) is 0 Å². The second-order valence-corrected chi connectivity index (χ2v) is 5.99. The summed E-state index contributed by atoms with van der Waals surface area (Å²) in [5, 5.41) is 0.867. The number of nitrogens with one attached hydrogen (secondary N) is 1. The number of fused-ring (bicyclic) bond motifs is 1. The smallest absolute Gasteiger partial charge is 0.261 e. The topological polar surface area (TPSA) is 62.4 Å². The lowest BCUT2D eigenvalue weighted by Crippen LogP contribution is -2.44. The van der Waals surface area contributed by atoms with Gasteiger partial charge in [-0.2, -0.15) is 0 Å². The number of benzene rings is 1. The number of aromatic amines is 1. The number of piperidine rings is 1. The number of nitrogens with zero attached hydrogens (tertiary/aromatic N) is 1. The molecule has 1 aliphatic heterocycles. The van der Waals surface area contributed by atoms with Crippen molar-refractivity contribution in [2.75, 3.05) is 19.7 Å². The van der Waals surface area contributed by atoms with E-state index in [2.05, 4.69) is 11.9 Å². The summed E-state index contributed by atoms with van der Waals surface area (Å²) in [6.07, 6.45) is 2.92. The minimum atomic E-state index is -0.328. The van der Waals surface area contributed by atoms with E-state index in [4.69, 9.17) is 4.74 Å². The molecule has 1 N–H and O–H groups in total. The molecule has 1 atom stereocenters. The number of carbonyl (C=O) groups is 1. The van der Waals surface area contributed by atoms with E-state index in [1.807, 2.05) is 24.3 Å². The summed E-state index contributed by atoms with van der Waals surface area (Å²) in [5.74, 6) is -0.207.